The van der Waals surface area contributed by atoms with Crippen molar-refractivity contribution in [3.05, 3.63) is 90.3 Å². The van der Waals surface area contributed by atoms with E-state index >= 15 is 0 Å². The number of imidazole rings is 1. The number of para-hydroxylation sites is 1. The number of aromatic nitrogens is 3. The smallest absolute Gasteiger partial charge is 0.251 e. The van der Waals surface area contributed by atoms with Crippen LogP contribution in [0.15, 0.2) is 79.1 Å². The topological polar surface area (TPSA) is 106 Å². The maximum absolute atomic E-state index is 13.1. The zero-order chi connectivity index (χ0) is 26.9. The van der Waals surface area contributed by atoms with Gasteiger partial charge >= 0.3 is 0 Å². The highest BCUT2D eigenvalue weighted by molar-refractivity contribution is 6.03. The van der Waals surface area contributed by atoms with Gasteiger partial charge in [-0.25, -0.2) is 4.98 Å². The molecule has 0 spiro atoms. The van der Waals surface area contributed by atoms with Crippen molar-refractivity contribution >= 4 is 34.2 Å². The number of hydrogen-bond donors (Lipinski definition) is 3. The predicted octanol–water partition coefficient (Wildman–Crippen LogP) is 5.23. The van der Waals surface area contributed by atoms with Crippen LogP contribution >= 0.6 is 0 Å². The Balaban J connectivity index is 1.41. The summed E-state index contributed by atoms with van der Waals surface area (Å²) in [4.78, 5) is 30.6. The average molecular weight is 521 g/mol. The number of nitrogens with zero attached hydrogens (tertiary/aromatic N) is 3. The maximum Gasteiger partial charge on any atom is 0.251 e. The van der Waals surface area contributed by atoms with Gasteiger partial charge in [-0.05, 0) is 49.4 Å². The summed E-state index contributed by atoms with van der Waals surface area (Å²) in [5, 5.41) is 7.68. The van der Waals surface area contributed by atoms with E-state index in [1.807, 2.05) is 71.4 Å². The Kier molecular flexibility index (Phi) is 6.62. The van der Waals surface area contributed by atoms with Crippen LogP contribution in [0.25, 0.3) is 27.8 Å². The van der Waals surface area contributed by atoms with Crippen LogP contribution in [0, 0.1) is 0 Å². The van der Waals surface area contributed by atoms with E-state index in [1.54, 1.807) is 11.5 Å². The lowest BCUT2D eigenvalue weighted by Crippen LogP contribution is -2.40. The van der Waals surface area contributed by atoms with Crippen LogP contribution in [-0.2, 0) is 6.54 Å². The van der Waals surface area contributed by atoms with Gasteiger partial charge in [0.25, 0.3) is 5.91 Å². The maximum atomic E-state index is 13.1. The molecule has 0 saturated heterocycles. The summed E-state index contributed by atoms with van der Waals surface area (Å²) in [5.41, 5.74) is 10.8. The van der Waals surface area contributed by atoms with Crippen molar-refractivity contribution in [2.24, 2.45) is 5.73 Å². The van der Waals surface area contributed by atoms with Crippen molar-refractivity contribution in [2.45, 2.75) is 51.2 Å². The van der Waals surface area contributed by atoms with Crippen LogP contribution in [-0.4, -0.2) is 37.8 Å². The molecule has 4 N–H and O–H groups in total. The molecule has 3 heterocycles. The summed E-state index contributed by atoms with van der Waals surface area (Å²) >= 11 is 0. The standard InChI is InChI=1S/C31H32N6O2/c1-20(38)37-19-26(25-9-5-6-10-27(25)37)29-30(33-18-21-7-3-2-4-8-21)36-16-15-22(17-28(36)35-29)31(39)34-24-13-11-23(32)12-14-24/h2-10,15-17,19,23-24,33H,11-14,18,32H2,1H3,(H,34,39). The van der Waals surface area contributed by atoms with Crippen molar-refractivity contribution in [3.8, 4) is 11.3 Å². The highest BCUT2D eigenvalue weighted by atomic mass is 16.2. The van der Waals surface area contributed by atoms with E-state index in [1.165, 1.54) is 0 Å². The third-order valence-corrected chi connectivity index (χ3v) is 7.60. The van der Waals surface area contributed by atoms with E-state index in [4.69, 9.17) is 10.7 Å². The molecule has 0 aliphatic heterocycles. The number of hydrogen-bond acceptors (Lipinski definition) is 5. The lowest BCUT2D eigenvalue weighted by molar-refractivity contribution is 0.0922. The number of carbonyl (C=O) groups excluding carboxylic acids is 2. The van der Waals surface area contributed by atoms with Crippen molar-refractivity contribution in [3.63, 3.8) is 0 Å². The summed E-state index contributed by atoms with van der Waals surface area (Å²) in [5.74, 6) is 0.630. The molecular weight excluding hydrogens is 488 g/mol. The first-order chi connectivity index (χ1) is 19.0. The molecule has 0 radical (unpaired) electrons. The molecule has 1 amide bonds. The van der Waals surface area contributed by atoms with Crippen LogP contribution in [0.2, 0.25) is 0 Å². The molecule has 1 aliphatic carbocycles. The van der Waals surface area contributed by atoms with Gasteiger partial charge in [0.15, 0.2) is 0 Å². The number of fused-ring (bicyclic) bond motifs is 2. The molecule has 8 nitrogen and oxygen atoms in total. The monoisotopic (exact) mass is 520 g/mol. The number of carbonyl (C=O) groups is 2. The zero-order valence-electron chi connectivity index (χ0n) is 21.9. The molecule has 0 bridgehead atoms. The second-order valence-corrected chi connectivity index (χ2v) is 10.3. The zero-order valence-corrected chi connectivity index (χ0v) is 21.9. The Bertz CT molecular complexity index is 1660. The van der Waals surface area contributed by atoms with E-state index in [-0.39, 0.29) is 23.9 Å². The first-order valence-electron chi connectivity index (χ1n) is 13.5. The Labute approximate surface area is 226 Å². The molecule has 5 aromatic rings. The van der Waals surface area contributed by atoms with Crippen LogP contribution in [0.3, 0.4) is 0 Å². The lowest BCUT2D eigenvalue weighted by Gasteiger charge is -2.26. The Morgan fingerprint density at radius 3 is 2.51 bits per heavy atom. The van der Waals surface area contributed by atoms with Crippen molar-refractivity contribution < 1.29 is 9.59 Å². The quantitative estimate of drug-likeness (QED) is 0.284. The fourth-order valence-corrected chi connectivity index (χ4v) is 5.49. The number of rotatable bonds is 6. The molecule has 39 heavy (non-hydrogen) atoms. The van der Waals surface area contributed by atoms with E-state index in [0.717, 1.165) is 59.2 Å². The fraction of sp³-hybridized carbons (Fsp3) is 0.258. The number of benzene rings is 2. The van der Waals surface area contributed by atoms with Gasteiger partial charge in [-0.15, -0.1) is 0 Å². The SMILES string of the molecule is CC(=O)n1cc(-c2nc3cc(C(=O)NC4CCC(N)CC4)ccn3c2NCc2ccccc2)c2ccccc21. The van der Waals surface area contributed by atoms with Crippen molar-refractivity contribution in [1.82, 2.24) is 19.3 Å². The summed E-state index contributed by atoms with van der Waals surface area (Å²) in [6.45, 7) is 2.15. The second kappa shape index (κ2) is 10.4. The number of nitrogens with one attached hydrogen (secondary N) is 2. The van der Waals surface area contributed by atoms with Gasteiger partial charge in [0.05, 0.1) is 5.52 Å². The molecule has 198 valence electrons. The first-order valence-corrected chi connectivity index (χ1v) is 13.5. The van der Waals surface area contributed by atoms with Gasteiger partial charge in [-0.3, -0.25) is 18.6 Å². The van der Waals surface area contributed by atoms with E-state index in [9.17, 15) is 9.59 Å². The Hall–Kier alpha value is -4.43. The van der Waals surface area contributed by atoms with Crippen LogP contribution in [0.4, 0.5) is 5.82 Å². The number of nitrogens with two attached hydrogens (primary N) is 1. The minimum absolute atomic E-state index is 0.0670. The van der Waals surface area contributed by atoms with Crippen LogP contribution in [0.1, 0.15) is 53.3 Å². The van der Waals surface area contributed by atoms with Gasteiger partial charge < -0.3 is 16.4 Å². The van der Waals surface area contributed by atoms with Crippen LogP contribution < -0.4 is 16.4 Å². The Morgan fingerprint density at radius 2 is 1.74 bits per heavy atom. The molecule has 3 aromatic heterocycles. The highest BCUT2D eigenvalue weighted by Gasteiger charge is 2.23. The molecule has 0 atom stereocenters. The average Bonchev–Trinajstić information content (AvgIpc) is 3.52. The largest absolute Gasteiger partial charge is 0.365 e. The van der Waals surface area contributed by atoms with Crippen LogP contribution in [0.5, 0.6) is 0 Å². The third kappa shape index (κ3) is 4.91. The molecular formula is C31H32N6O2. The molecule has 8 heteroatoms. The molecule has 1 fully saturated rings. The van der Waals surface area contributed by atoms with Gasteiger partial charge in [0.1, 0.15) is 17.2 Å². The predicted molar refractivity (Wildman–Crippen MR) is 154 cm³/mol. The summed E-state index contributed by atoms with van der Waals surface area (Å²) in [7, 11) is 0. The van der Waals surface area contributed by atoms with Gasteiger partial charge in [0, 0.05) is 54.5 Å². The molecule has 6 rings (SSSR count). The van der Waals surface area contributed by atoms with Crippen molar-refractivity contribution in [2.75, 3.05) is 5.32 Å². The Morgan fingerprint density at radius 1 is 1.00 bits per heavy atom. The van der Waals surface area contributed by atoms with Gasteiger partial charge in [-0.2, -0.15) is 0 Å². The van der Waals surface area contributed by atoms with Gasteiger partial charge in [0.2, 0.25) is 5.91 Å². The number of anilines is 1. The summed E-state index contributed by atoms with van der Waals surface area (Å²) in [6, 6.07) is 22.0. The minimum Gasteiger partial charge on any atom is -0.365 e. The molecule has 1 aliphatic rings. The summed E-state index contributed by atoms with van der Waals surface area (Å²) < 4.78 is 3.62. The minimum atomic E-state index is -0.102. The highest BCUT2D eigenvalue weighted by Crippen LogP contribution is 2.36. The normalized spacial score (nSPS) is 17.4. The summed E-state index contributed by atoms with van der Waals surface area (Å²) in [6.07, 6.45) is 7.39. The molecule has 0 unspecified atom stereocenters. The van der Waals surface area contributed by atoms with E-state index < -0.39 is 0 Å². The van der Waals surface area contributed by atoms with E-state index in [2.05, 4.69) is 22.8 Å². The first kappa shape index (κ1) is 24.9. The van der Waals surface area contributed by atoms with Crippen molar-refractivity contribution in [1.29, 1.82) is 0 Å². The lowest BCUT2D eigenvalue weighted by atomic mass is 9.91. The second-order valence-electron chi connectivity index (χ2n) is 10.3. The van der Waals surface area contributed by atoms with Gasteiger partial charge in [-0.1, -0.05) is 48.5 Å². The van der Waals surface area contributed by atoms with E-state index in [0.29, 0.717) is 17.8 Å². The fourth-order valence-electron chi connectivity index (χ4n) is 5.49. The molecule has 2 aromatic carbocycles. The third-order valence-electron chi connectivity index (χ3n) is 7.60. The molecule has 1 saturated carbocycles. The number of amides is 1. The number of pyridine rings is 1.